The topological polar surface area (TPSA) is 45.6 Å². The third-order valence-electron chi connectivity index (χ3n) is 7.67. The summed E-state index contributed by atoms with van der Waals surface area (Å²) < 4.78 is 8.00. The second-order valence-corrected chi connectivity index (χ2v) is 10.3. The van der Waals surface area contributed by atoms with Crippen LogP contribution in [-0.2, 0) is 11.2 Å². The molecular formula is C29H37N5OS. The van der Waals surface area contributed by atoms with E-state index in [-0.39, 0.29) is 12.1 Å². The molecule has 0 radical (unpaired) electrons. The molecule has 0 amide bonds. The van der Waals surface area contributed by atoms with E-state index >= 15 is 0 Å². The molecular weight excluding hydrogens is 466 g/mol. The lowest BCUT2D eigenvalue weighted by atomic mass is 9.96. The van der Waals surface area contributed by atoms with Gasteiger partial charge >= 0.3 is 0 Å². The van der Waals surface area contributed by atoms with Crippen LogP contribution in [0.2, 0.25) is 0 Å². The standard InChI is InChI=1S/C29H37N5OS/c1-5-23-10-8-9-20(2)27(23)34-21(3)19-24(22(34)4)28-26(25-11-6-7-12-30-25)31-29(36)33(28)14-13-32-15-17-35-18-16-32/h6-12,19,26,28H,5,13-18H2,1-4H3,(H,31,36)/t26-,28+/m0/s1. The molecule has 5 rings (SSSR count). The van der Waals surface area contributed by atoms with Crippen molar-refractivity contribution in [1.82, 2.24) is 24.7 Å². The Kier molecular flexibility index (Phi) is 7.42. The van der Waals surface area contributed by atoms with Crippen LogP contribution < -0.4 is 5.32 Å². The van der Waals surface area contributed by atoms with E-state index in [2.05, 4.69) is 83.8 Å². The van der Waals surface area contributed by atoms with Crippen LogP contribution in [0.25, 0.3) is 5.69 Å². The fourth-order valence-electron chi connectivity index (χ4n) is 5.81. The molecule has 3 aromatic rings. The highest BCUT2D eigenvalue weighted by atomic mass is 32.1. The van der Waals surface area contributed by atoms with Gasteiger partial charge in [-0.1, -0.05) is 31.2 Å². The third kappa shape index (κ3) is 4.67. The number of ether oxygens (including phenoxy) is 1. The number of thiocarbonyl (C=S) groups is 1. The number of aryl methyl sites for hydroxylation is 3. The normalized spacial score (nSPS) is 20.7. The number of hydrogen-bond donors (Lipinski definition) is 1. The van der Waals surface area contributed by atoms with Gasteiger partial charge in [-0.15, -0.1) is 0 Å². The van der Waals surface area contributed by atoms with E-state index in [0.29, 0.717) is 0 Å². The maximum atomic E-state index is 5.94. The summed E-state index contributed by atoms with van der Waals surface area (Å²) in [6.07, 6.45) is 2.87. The molecule has 6 nitrogen and oxygen atoms in total. The van der Waals surface area contributed by atoms with Crippen molar-refractivity contribution >= 4 is 17.3 Å². The van der Waals surface area contributed by atoms with E-state index in [9.17, 15) is 0 Å². The third-order valence-corrected chi connectivity index (χ3v) is 8.03. The summed E-state index contributed by atoms with van der Waals surface area (Å²) in [4.78, 5) is 9.59. The average Bonchev–Trinajstić information content (AvgIpc) is 3.38. The molecule has 2 aliphatic heterocycles. The SMILES string of the molecule is CCc1cccc(C)c1-n1c(C)cc([C@@H]2[C@H](c3ccccn3)NC(=S)N2CCN2CCOCC2)c1C. The van der Waals surface area contributed by atoms with Gasteiger partial charge in [-0.2, -0.15) is 0 Å². The lowest BCUT2D eigenvalue weighted by Gasteiger charge is -2.32. The smallest absolute Gasteiger partial charge is 0.170 e. The van der Waals surface area contributed by atoms with Gasteiger partial charge in [0.2, 0.25) is 0 Å². The van der Waals surface area contributed by atoms with Crippen LogP contribution in [0.5, 0.6) is 0 Å². The number of aromatic nitrogens is 2. The van der Waals surface area contributed by atoms with Gasteiger partial charge in [-0.25, -0.2) is 0 Å². The number of rotatable bonds is 7. The van der Waals surface area contributed by atoms with Gasteiger partial charge in [0.15, 0.2) is 5.11 Å². The summed E-state index contributed by atoms with van der Waals surface area (Å²) in [7, 11) is 0. The van der Waals surface area contributed by atoms with Crippen LogP contribution in [0, 0.1) is 20.8 Å². The first kappa shape index (κ1) is 24.9. The Hall–Kier alpha value is -2.74. The molecule has 1 aromatic carbocycles. The predicted octanol–water partition coefficient (Wildman–Crippen LogP) is 4.66. The van der Waals surface area contributed by atoms with Gasteiger partial charge in [-0.3, -0.25) is 9.88 Å². The maximum absolute atomic E-state index is 5.94. The molecule has 0 saturated carbocycles. The van der Waals surface area contributed by atoms with Crippen LogP contribution in [-0.4, -0.2) is 63.9 Å². The number of nitrogens with zero attached hydrogens (tertiary/aromatic N) is 4. The molecule has 1 N–H and O–H groups in total. The first-order valence-corrected chi connectivity index (χ1v) is 13.5. The van der Waals surface area contributed by atoms with Crippen molar-refractivity contribution in [2.45, 2.75) is 46.2 Å². The van der Waals surface area contributed by atoms with E-state index in [4.69, 9.17) is 21.9 Å². The lowest BCUT2D eigenvalue weighted by Crippen LogP contribution is -2.42. The minimum absolute atomic E-state index is 0.000134. The van der Waals surface area contributed by atoms with Crippen molar-refractivity contribution in [3.63, 3.8) is 0 Å². The second-order valence-electron chi connectivity index (χ2n) is 9.87. The Morgan fingerprint density at radius 3 is 2.58 bits per heavy atom. The Balaban J connectivity index is 1.56. The zero-order valence-corrected chi connectivity index (χ0v) is 22.6. The first-order valence-electron chi connectivity index (χ1n) is 13.1. The molecule has 2 aromatic heterocycles. The Morgan fingerprint density at radius 1 is 1.06 bits per heavy atom. The molecule has 0 unspecified atom stereocenters. The molecule has 4 heterocycles. The molecule has 0 bridgehead atoms. The van der Waals surface area contributed by atoms with Gasteiger partial charge in [0.05, 0.1) is 36.7 Å². The number of para-hydroxylation sites is 1. The zero-order valence-electron chi connectivity index (χ0n) is 21.8. The highest BCUT2D eigenvalue weighted by Crippen LogP contribution is 2.41. The molecule has 2 saturated heterocycles. The number of pyridine rings is 1. The van der Waals surface area contributed by atoms with E-state index in [1.165, 1.54) is 33.8 Å². The van der Waals surface area contributed by atoms with E-state index in [1.54, 1.807) is 0 Å². The monoisotopic (exact) mass is 503 g/mol. The number of morpholine rings is 1. The molecule has 0 spiro atoms. The van der Waals surface area contributed by atoms with E-state index in [0.717, 1.165) is 56.6 Å². The van der Waals surface area contributed by atoms with Crippen LogP contribution in [0.4, 0.5) is 0 Å². The van der Waals surface area contributed by atoms with Gasteiger partial charge in [0.1, 0.15) is 0 Å². The molecule has 190 valence electrons. The van der Waals surface area contributed by atoms with Gasteiger partial charge < -0.3 is 19.5 Å². The molecule has 0 aliphatic carbocycles. The molecule has 7 heteroatoms. The van der Waals surface area contributed by atoms with Crippen molar-refractivity contribution in [3.8, 4) is 5.69 Å². The largest absolute Gasteiger partial charge is 0.379 e. The second kappa shape index (κ2) is 10.7. The Labute approximate surface area is 220 Å². The van der Waals surface area contributed by atoms with Crippen LogP contribution >= 0.6 is 12.2 Å². The molecule has 36 heavy (non-hydrogen) atoms. The number of nitrogens with one attached hydrogen (secondary N) is 1. The van der Waals surface area contributed by atoms with Crippen molar-refractivity contribution in [1.29, 1.82) is 0 Å². The summed E-state index contributed by atoms with van der Waals surface area (Å²) in [5.41, 5.74) is 8.82. The Morgan fingerprint density at radius 2 is 1.86 bits per heavy atom. The summed E-state index contributed by atoms with van der Waals surface area (Å²) >= 11 is 5.94. The van der Waals surface area contributed by atoms with Gasteiger partial charge in [0.25, 0.3) is 0 Å². The van der Waals surface area contributed by atoms with E-state index in [1.807, 2.05) is 12.3 Å². The highest BCUT2D eigenvalue weighted by molar-refractivity contribution is 7.80. The minimum atomic E-state index is -0.000134. The van der Waals surface area contributed by atoms with E-state index < -0.39 is 0 Å². The Bertz CT molecular complexity index is 1220. The predicted molar refractivity (Wildman–Crippen MR) is 149 cm³/mol. The fraction of sp³-hybridized carbons (Fsp3) is 0.448. The minimum Gasteiger partial charge on any atom is -0.379 e. The van der Waals surface area contributed by atoms with Gasteiger partial charge in [-0.05, 0) is 74.3 Å². The quantitative estimate of drug-likeness (QED) is 0.473. The number of benzene rings is 1. The molecule has 2 aliphatic rings. The van der Waals surface area contributed by atoms with Crippen LogP contribution in [0.3, 0.4) is 0 Å². The zero-order chi connectivity index (χ0) is 25.2. The van der Waals surface area contributed by atoms with Crippen molar-refractivity contribution in [3.05, 3.63) is 82.4 Å². The van der Waals surface area contributed by atoms with Crippen molar-refractivity contribution in [2.24, 2.45) is 0 Å². The van der Waals surface area contributed by atoms with Crippen LogP contribution in [0.15, 0.2) is 48.7 Å². The summed E-state index contributed by atoms with van der Waals surface area (Å²) in [5, 5.41) is 4.43. The molecule has 2 atom stereocenters. The summed E-state index contributed by atoms with van der Waals surface area (Å²) in [6, 6.07) is 15.2. The van der Waals surface area contributed by atoms with Crippen LogP contribution in [0.1, 0.15) is 52.8 Å². The highest BCUT2D eigenvalue weighted by Gasteiger charge is 2.41. The summed E-state index contributed by atoms with van der Waals surface area (Å²) in [6.45, 7) is 14.3. The van der Waals surface area contributed by atoms with Crippen molar-refractivity contribution < 1.29 is 4.74 Å². The van der Waals surface area contributed by atoms with Crippen molar-refractivity contribution in [2.75, 3.05) is 39.4 Å². The fourth-order valence-corrected chi connectivity index (χ4v) is 6.15. The average molecular weight is 504 g/mol. The maximum Gasteiger partial charge on any atom is 0.170 e. The lowest BCUT2D eigenvalue weighted by molar-refractivity contribution is 0.0350. The number of hydrogen-bond acceptors (Lipinski definition) is 4. The first-order chi connectivity index (χ1) is 17.5. The summed E-state index contributed by atoms with van der Waals surface area (Å²) in [5.74, 6) is 0. The van der Waals surface area contributed by atoms with Gasteiger partial charge in [0, 0.05) is 43.8 Å². The molecule has 2 fully saturated rings.